The molecule has 5 nitrogen and oxygen atoms in total. The van der Waals surface area contributed by atoms with Gasteiger partial charge in [-0.1, -0.05) is 12.1 Å². The van der Waals surface area contributed by atoms with E-state index >= 15 is 0 Å². The Morgan fingerprint density at radius 1 is 1.09 bits per heavy atom. The van der Waals surface area contributed by atoms with Crippen LogP contribution in [0, 0.1) is 0 Å². The fourth-order valence-corrected chi connectivity index (χ4v) is 5.87. The van der Waals surface area contributed by atoms with Crippen molar-refractivity contribution in [3.05, 3.63) is 29.8 Å². The van der Waals surface area contributed by atoms with Gasteiger partial charge in [0.15, 0.2) is 5.11 Å². The number of benzene rings is 1. The standard InChI is InChI=1S/C26H44N4OS/c1-7-29(8-2)22-13-11-20(12-14-22)18-30(19-23-10-9-15-31-23)24(32)27-21-16-25(3,4)28-26(5,6)17-21/h11-14,21,23,28H,7-10,15-19H2,1-6H3,(H,27,32). The van der Waals surface area contributed by atoms with E-state index in [1.54, 1.807) is 0 Å². The molecule has 2 saturated heterocycles. The van der Waals surface area contributed by atoms with Gasteiger partial charge in [-0.25, -0.2) is 0 Å². The highest BCUT2D eigenvalue weighted by Gasteiger charge is 2.38. The van der Waals surface area contributed by atoms with Crippen LogP contribution >= 0.6 is 12.2 Å². The molecule has 0 amide bonds. The van der Waals surface area contributed by atoms with Crippen LogP contribution in [0.2, 0.25) is 0 Å². The lowest BCUT2D eigenvalue weighted by Crippen LogP contribution is -2.63. The van der Waals surface area contributed by atoms with Crippen LogP contribution in [-0.2, 0) is 11.3 Å². The van der Waals surface area contributed by atoms with Crippen LogP contribution in [0.1, 0.15) is 72.8 Å². The number of anilines is 1. The quantitative estimate of drug-likeness (QED) is 0.548. The van der Waals surface area contributed by atoms with E-state index in [9.17, 15) is 0 Å². The van der Waals surface area contributed by atoms with Crippen LogP contribution in [-0.4, -0.2) is 59.5 Å². The highest BCUT2D eigenvalue weighted by Crippen LogP contribution is 2.29. The van der Waals surface area contributed by atoms with Gasteiger partial charge in [-0.3, -0.25) is 0 Å². The van der Waals surface area contributed by atoms with E-state index in [1.807, 2.05) is 0 Å². The first-order chi connectivity index (χ1) is 15.1. The average Bonchev–Trinajstić information content (AvgIpc) is 3.20. The molecule has 6 heteroatoms. The van der Waals surface area contributed by atoms with Crippen LogP contribution in [0.15, 0.2) is 24.3 Å². The van der Waals surface area contributed by atoms with Gasteiger partial charge in [0.05, 0.1) is 6.10 Å². The first-order valence-electron chi connectivity index (χ1n) is 12.4. The van der Waals surface area contributed by atoms with Crippen LogP contribution in [0.5, 0.6) is 0 Å². The van der Waals surface area contributed by atoms with Crippen LogP contribution in [0.25, 0.3) is 0 Å². The van der Waals surface area contributed by atoms with Gasteiger partial charge in [-0.05, 0) is 97.1 Å². The molecule has 2 aliphatic rings. The summed E-state index contributed by atoms with van der Waals surface area (Å²) in [6.07, 6.45) is 4.65. The van der Waals surface area contributed by atoms with E-state index in [1.165, 1.54) is 11.3 Å². The normalized spacial score (nSPS) is 22.5. The molecule has 1 atom stereocenters. The first-order valence-corrected chi connectivity index (χ1v) is 12.8. The monoisotopic (exact) mass is 460 g/mol. The van der Waals surface area contributed by atoms with Gasteiger partial charge in [0, 0.05) is 55.6 Å². The third-order valence-electron chi connectivity index (χ3n) is 6.69. The summed E-state index contributed by atoms with van der Waals surface area (Å²) >= 11 is 5.98. The maximum atomic E-state index is 5.98. The highest BCUT2D eigenvalue weighted by molar-refractivity contribution is 7.80. The second-order valence-electron chi connectivity index (χ2n) is 10.8. The zero-order valence-corrected chi connectivity index (χ0v) is 21.9. The Kier molecular flexibility index (Phi) is 8.45. The summed E-state index contributed by atoms with van der Waals surface area (Å²) in [5, 5.41) is 8.35. The number of hydrogen-bond donors (Lipinski definition) is 2. The molecule has 0 aromatic heterocycles. The Bertz CT molecular complexity index is 723. The van der Waals surface area contributed by atoms with Crippen molar-refractivity contribution in [2.24, 2.45) is 0 Å². The van der Waals surface area contributed by atoms with Crippen molar-refractivity contribution in [2.75, 3.05) is 31.1 Å². The number of nitrogens with one attached hydrogen (secondary N) is 2. The lowest BCUT2D eigenvalue weighted by molar-refractivity contribution is 0.0887. The van der Waals surface area contributed by atoms with E-state index in [0.29, 0.717) is 6.04 Å². The molecular formula is C26H44N4OS. The Hall–Kier alpha value is -1.37. The summed E-state index contributed by atoms with van der Waals surface area (Å²) < 4.78 is 5.96. The molecule has 3 rings (SSSR count). The summed E-state index contributed by atoms with van der Waals surface area (Å²) in [4.78, 5) is 4.69. The summed E-state index contributed by atoms with van der Waals surface area (Å²) in [7, 11) is 0. The SMILES string of the molecule is CCN(CC)c1ccc(CN(CC2CCCO2)C(=S)NC2CC(C)(C)NC(C)(C)C2)cc1. The Labute approximate surface area is 201 Å². The van der Waals surface area contributed by atoms with Gasteiger partial charge in [0.1, 0.15) is 0 Å². The molecule has 0 aliphatic carbocycles. The van der Waals surface area contributed by atoms with Crippen LogP contribution < -0.4 is 15.5 Å². The molecule has 0 radical (unpaired) electrons. The zero-order valence-electron chi connectivity index (χ0n) is 21.0. The summed E-state index contributed by atoms with van der Waals surface area (Å²) in [5.41, 5.74) is 2.75. The molecular weight excluding hydrogens is 416 g/mol. The molecule has 2 fully saturated rings. The van der Waals surface area contributed by atoms with Crippen LogP contribution in [0.4, 0.5) is 5.69 Å². The van der Waals surface area contributed by atoms with Crippen molar-refractivity contribution in [1.29, 1.82) is 0 Å². The van der Waals surface area contributed by atoms with E-state index in [4.69, 9.17) is 17.0 Å². The lowest BCUT2D eigenvalue weighted by Gasteiger charge is -2.47. The molecule has 1 unspecified atom stereocenters. The first kappa shape index (κ1) is 25.3. The highest BCUT2D eigenvalue weighted by atomic mass is 32.1. The van der Waals surface area contributed by atoms with Crippen molar-refractivity contribution in [2.45, 2.75) is 97.0 Å². The fourth-order valence-electron chi connectivity index (χ4n) is 5.56. The van der Waals surface area contributed by atoms with E-state index in [2.05, 4.69) is 86.2 Å². The topological polar surface area (TPSA) is 39.8 Å². The predicted octanol–water partition coefficient (Wildman–Crippen LogP) is 4.70. The van der Waals surface area contributed by atoms with Crippen molar-refractivity contribution in [1.82, 2.24) is 15.5 Å². The molecule has 2 aliphatic heterocycles. The number of nitrogens with zero attached hydrogens (tertiary/aromatic N) is 2. The van der Waals surface area contributed by atoms with E-state index in [-0.39, 0.29) is 17.2 Å². The van der Waals surface area contributed by atoms with Crippen molar-refractivity contribution in [3.63, 3.8) is 0 Å². The third-order valence-corrected chi connectivity index (χ3v) is 7.07. The van der Waals surface area contributed by atoms with Gasteiger partial charge in [-0.15, -0.1) is 0 Å². The average molecular weight is 461 g/mol. The predicted molar refractivity (Wildman–Crippen MR) is 139 cm³/mol. The second-order valence-corrected chi connectivity index (χ2v) is 11.2. The number of hydrogen-bond acceptors (Lipinski definition) is 4. The fraction of sp³-hybridized carbons (Fsp3) is 0.731. The number of rotatable bonds is 8. The molecule has 2 N–H and O–H groups in total. The minimum absolute atomic E-state index is 0.0919. The van der Waals surface area contributed by atoms with Gasteiger partial charge in [-0.2, -0.15) is 0 Å². The van der Waals surface area contributed by atoms with E-state index < -0.39 is 0 Å². The van der Waals surface area contributed by atoms with Gasteiger partial charge in [0.25, 0.3) is 0 Å². The molecule has 2 heterocycles. The maximum Gasteiger partial charge on any atom is 0.169 e. The minimum atomic E-state index is 0.0919. The van der Waals surface area contributed by atoms with Gasteiger partial charge >= 0.3 is 0 Å². The van der Waals surface area contributed by atoms with Crippen molar-refractivity contribution in [3.8, 4) is 0 Å². The largest absolute Gasteiger partial charge is 0.376 e. The minimum Gasteiger partial charge on any atom is -0.376 e. The Balaban J connectivity index is 1.70. The molecule has 1 aromatic rings. The number of ether oxygens (including phenoxy) is 1. The summed E-state index contributed by atoms with van der Waals surface area (Å²) in [6, 6.07) is 9.33. The number of piperidine rings is 1. The van der Waals surface area contributed by atoms with Crippen molar-refractivity contribution >= 4 is 23.0 Å². The van der Waals surface area contributed by atoms with Crippen LogP contribution in [0.3, 0.4) is 0 Å². The summed E-state index contributed by atoms with van der Waals surface area (Å²) in [6.45, 7) is 18.1. The molecule has 0 saturated carbocycles. The molecule has 180 valence electrons. The van der Waals surface area contributed by atoms with Gasteiger partial charge < -0.3 is 25.2 Å². The Morgan fingerprint density at radius 3 is 2.25 bits per heavy atom. The molecule has 0 spiro atoms. The summed E-state index contributed by atoms with van der Waals surface area (Å²) in [5.74, 6) is 0. The molecule has 32 heavy (non-hydrogen) atoms. The molecule has 0 bridgehead atoms. The van der Waals surface area contributed by atoms with Gasteiger partial charge in [0.2, 0.25) is 0 Å². The Morgan fingerprint density at radius 2 is 1.72 bits per heavy atom. The molecule has 1 aromatic carbocycles. The van der Waals surface area contributed by atoms with Crippen molar-refractivity contribution < 1.29 is 4.74 Å². The maximum absolute atomic E-state index is 5.98. The zero-order chi connectivity index (χ0) is 23.4. The lowest BCUT2D eigenvalue weighted by atomic mass is 9.80. The number of thiocarbonyl (C=S) groups is 1. The second kappa shape index (κ2) is 10.7. The van der Waals surface area contributed by atoms with E-state index in [0.717, 1.165) is 63.6 Å². The smallest absolute Gasteiger partial charge is 0.169 e. The third kappa shape index (κ3) is 7.06.